The first kappa shape index (κ1) is 17.2. The molecule has 0 radical (unpaired) electrons. The summed E-state index contributed by atoms with van der Waals surface area (Å²) < 4.78 is 15.4. The van der Waals surface area contributed by atoms with Gasteiger partial charge in [0.2, 0.25) is 0 Å². The molecule has 0 bridgehead atoms. The lowest BCUT2D eigenvalue weighted by Crippen LogP contribution is -2.18. The summed E-state index contributed by atoms with van der Waals surface area (Å²) in [6.45, 7) is 1.26. The number of para-hydroxylation sites is 2. The molecule has 0 unspecified atom stereocenters. The molecule has 0 saturated heterocycles. The lowest BCUT2D eigenvalue weighted by atomic mass is 10.1. The Morgan fingerprint density at radius 3 is 2.73 bits per heavy atom. The Kier molecular flexibility index (Phi) is 4.66. The minimum absolute atomic E-state index is 0.0328. The second-order valence-corrected chi connectivity index (χ2v) is 5.39. The average Bonchev–Trinajstić information content (AvgIpc) is 2.59. The van der Waals surface area contributed by atoms with Crippen LogP contribution in [0.15, 0.2) is 57.7 Å². The van der Waals surface area contributed by atoms with E-state index < -0.39 is 23.1 Å². The zero-order valence-electron chi connectivity index (χ0n) is 13.6. The summed E-state index contributed by atoms with van der Waals surface area (Å²) in [4.78, 5) is 33.7. The van der Waals surface area contributed by atoms with Crippen LogP contribution in [0.4, 0.5) is 5.69 Å². The summed E-state index contributed by atoms with van der Waals surface area (Å²) in [5.74, 6) is -0.616. The van der Waals surface area contributed by atoms with Crippen LogP contribution < -0.4 is 15.1 Å². The summed E-state index contributed by atoms with van der Waals surface area (Å²) >= 11 is 0. The van der Waals surface area contributed by atoms with Gasteiger partial charge in [0.15, 0.2) is 12.4 Å². The fourth-order valence-corrected chi connectivity index (χ4v) is 2.40. The second kappa shape index (κ2) is 7.06. The summed E-state index contributed by atoms with van der Waals surface area (Å²) in [6, 6.07) is 11.7. The smallest absolute Gasteiger partial charge is 0.349 e. The molecule has 0 aliphatic rings. The van der Waals surface area contributed by atoms with Gasteiger partial charge in [-0.05, 0) is 30.7 Å². The van der Waals surface area contributed by atoms with Crippen molar-refractivity contribution in [3.8, 4) is 11.5 Å². The maximum atomic E-state index is 11.9. The maximum Gasteiger partial charge on any atom is 0.349 e. The Labute approximate surface area is 146 Å². The first-order valence-electron chi connectivity index (χ1n) is 7.55. The maximum absolute atomic E-state index is 11.9. The van der Waals surface area contributed by atoms with Crippen molar-refractivity contribution in [1.29, 1.82) is 0 Å². The number of hydrogen-bond acceptors (Lipinski definition) is 7. The van der Waals surface area contributed by atoms with Crippen molar-refractivity contribution in [2.45, 2.75) is 6.92 Å². The van der Waals surface area contributed by atoms with Gasteiger partial charge in [-0.25, -0.2) is 9.59 Å². The molecule has 132 valence electrons. The number of nitro benzene ring substituents is 1. The Bertz CT molecular complexity index is 1050. The van der Waals surface area contributed by atoms with Crippen molar-refractivity contribution < 1.29 is 23.6 Å². The van der Waals surface area contributed by atoms with Gasteiger partial charge in [0.1, 0.15) is 11.3 Å². The van der Waals surface area contributed by atoms with E-state index in [4.69, 9.17) is 13.9 Å². The van der Waals surface area contributed by atoms with Gasteiger partial charge in [-0.2, -0.15) is 0 Å². The van der Waals surface area contributed by atoms with E-state index in [1.807, 2.05) is 0 Å². The SMILES string of the molecule is Cc1cc(=O)oc2cc(OC(=O)COc3ccccc3[N+](=O)[O-])ccc12. The monoisotopic (exact) mass is 355 g/mol. The van der Waals surface area contributed by atoms with E-state index in [0.29, 0.717) is 5.58 Å². The Morgan fingerprint density at radius 2 is 1.96 bits per heavy atom. The fourth-order valence-electron chi connectivity index (χ4n) is 2.40. The van der Waals surface area contributed by atoms with E-state index >= 15 is 0 Å². The predicted octanol–water partition coefficient (Wildman–Crippen LogP) is 2.99. The molecule has 8 nitrogen and oxygen atoms in total. The number of rotatable bonds is 5. The highest BCUT2D eigenvalue weighted by Gasteiger charge is 2.16. The molecule has 0 N–H and O–H groups in total. The van der Waals surface area contributed by atoms with E-state index in [2.05, 4.69) is 0 Å². The van der Waals surface area contributed by atoms with Gasteiger partial charge in [0, 0.05) is 23.6 Å². The zero-order valence-corrected chi connectivity index (χ0v) is 13.6. The van der Waals surface area contributed by atoms with Gasteiger partial charge in [-0.3, -0.25) is 10.1 Å². The molecule has 1 aromatic heterocycles. The van der Waals surface area contributed by atoms with Crippen LogP contribution in [0.2, 0.25) is 0 Å². The van der Waals surface area contributed by atoms with Crippen LogP contribution in [0.5, 0.6) is 11.5 Å². The van der Waals surface area contributed by atoms with Crippen molar-refractivity contribution in [2.75, 3.05) is 6.61 Å². The fraction of sp³-hybridized carbons (Fsp3) is 0.111. The summed E-state index contributed by atoms with van der Waals surface area (Å²) in [5, 5.41) is 11.6. The topological polar surface area (TPSA) is 109 Å². The average molecular weight is 355 g/mol. The molecule has 0 fully saturated rings. The molecule has 0 saturated carbocycles. The largest absolute Gasteiger partial charge is 0.475 e. The Balaban J connectivity index is 1.72. The molecule has 3 aromatic rings. The Hall–Kier alpha value is -3.68. The number of carbonyl (C=O) groups excluding carboxylic acids is 1. The third kappa shape index (κ3) is 3.69. The molecule has 26 heavy (non-hydrogen) atoms. The van der Waals surface area contributed by atoms with E-state index in [1.54, 1.807) is 25.1 Å². The quantitative estimate of drug-likeness (QED) is 0.227. The van der Waals surface area contributed by atoms with Crippen molar-refractivity contribution in [1.82, 2.24) is 0 Å². The van der Waals surface area contributed by atoms with Crippen molar-refractivity contribution in [2.24, 2.45) is 0 Å². The van der Waals surface area contributed by atoms with Crippen molar-refractivity contribution in [3.63, 3.8) is 0 Å². The van der Waals surface area contributed by atoms with Gasteiger partial charge >= 0.3 is 17.3 Å². The third-order valence-corrected chi connectivity index (χ3v) is 3.56. The minimum atomic E-state index is -0.752. The number of hydrogen-bond donors (Lipinski definition) is 0. The molecule has 0 spiro atoms. The highest BCUT2D eigenvalue weighted by molar-refractivity contribution is 5.82. The zero-order chi connectivity index (χ0) is 18.7. The number of carbonyl (C=O) groups is 1. The number of ether oxygens (including phenoxy) is 2. The second-order valence-electron chi connectivity index (χ2n) is 5.39. The van der Waals surface area contributed by atoms with Gasteiger partial charge in [0.05, 0.1) is 4.92 Å². The van der Waals surface area contributed by atoms with Gasteiger partial charge in [0.25, 0.3) is 0 Å². The van der Waals surface area contributed by atoms with Crippen LogP contribution in [0.3, 0.4) is 0 Å². The number of benzene rings is 2. The molecule has 3 rings (SSSR count). The van der Waals surface area contributed by atoms with Crippen LogP contribution in [-0.2, 0) is 4.79 Å². The van der Waals surface area contributed by atoms with E-state index in [-0.39, 0.29) is 17.2 Å². The van der Waals surface area contributed by atoms with E-state index in [0.717, 1.165) is 10.9 Å². The van der Waals surface area contributed by atoms with E-state index in [9.17, 15) is 19.7 Å². The summed E-state index contributed by atoms with van der Waals surface area (Å²) in [5.41, 5.74) is 0.287. The van der Waals surface area contributed by atoms with Gasteiger partial charge in [-0.1, -0.05) is 12.1 Å². The lowest BCUT2D eigenvalue weighted by molar-refractivity contribution is -0.385. The number of nitro groups is 1. The van der Waals surface area contributed by atoms with Crippen molar-refractivity contribution >= 4 is 22.6 Å². The molecule has 2 aromatic carbocycles. The molecule has 0 atom stereocenters. The molecule has 0 aliphatic heterocycles. The highest BCUT2D eigenvalue weighted by Crippen LogP contribution is 2.26. The predicted molar refractivity (Wildman–Crippen MR) is 91.4 cm³/mol. The Morgan fingerprint density at radius 1 is 1.19 bits per heavy atom. The van der Waals surface area contributed by atoms with Crippen LogP contribution in [0, 0.1) is 17.0 Å². The number of nitrogens with zero attached hydrogens (tertiary/aromatic N) is 1. The molecule has 0 aliphatic carbocycles. The third-order valence-electron chi connectivity index (χ3n) is 3.56. The molecule has 0 amide bonds. The molecule has 8 heteroatoms. The summed E-state index contributed by atoms with van der Waals surface area (Å²) in [7, 11) is 0. The van der Waals surface area contributed by atoms with Crippen LogP contribution in [-0.4, -0.2) is 17.5 Å². The number of esters is 1. The van der Waals surface area contributed by atoms with Gasteiger partial charge in [-0.15, -0.1) is 0 Å². The van der Waals surface area contributed by atoms with Crippen LogP contribution >= 0.6 is 0 Å². The first-order valence-corrected chi connectivity index (χ1v) is 7.55. The first-order chi connectivity index (χ1) is 12.4. The summed E-state index contributed by atoms with van der Waals surface area (Å²) in [6.07, 6.45) is 0. The number of aryl methyl sites for hydroxylation is 1. The van der Waals surface area contributed by atoms with Crippen LogP contribution in [0.1, 0.15) is 5.56 Å². The highest BCUT2D eigenvalue weighted by atomic mass is 16.6. The molecular weight excluding hydrogens is 342 g/mol. The number of fused-ring (bicyclic) bond motifs is 1. The van der Waals surface area contributed by atoms with Crippen LogP contribution in [0.25, 0.3) is 11.0 Å². The molecule has 1 heterocycles. The van der Waals surface area contributed by atoms with E-state index in [1.165, 1.54) is 30.3 Å². The lowest BCUT2D eigenvalue weighted by Gasteiger charge is -2.08. The van der Waals surface area contributed by atoms with Crippen molar-refractivity contribution in [3.05, 3.63) is 74.6 Å². The van der Waals surface area contributed by atoms with Gasteiger partial charge < -0.3 is 13.9 Å². The normalized spacial score (nSPS) is 10.5. The molecular formula is C18H13NO7. The standard InChI is InChI=1S/C18H13NO7/c1-11-8-17(20)26-16-9-12(6-7-13(11)16)25-18(21)10-24-15-5-3-2-4-14(15)19(22)23/h2-9H,10H2,1H3. The minimum Gasteiger partial charge on any atom is -0.475 e.